The smallest absolute Gasteiger partial charge is 0.339 e. The first kappa shape index (κ1) is 11.3. The highest BCUT2D eigenvalue weighted by molar-refractivity contribution is 5.94. The Labute approximate surface area is 98.4 Å². The molecule has 1 N–H and O–H groups in total. The van der Waals surface area contributed by atoms with E-state index in [0.29, 0.717) is 5.76 Å². The van der Waals surface area contributed by atoms with Crippen molar-refractivity contribution in [1.29, 1.82) is 0 Å². The molecule has 0 spiro atoms. The lowest BCUT2D eigenvalue weighted by Gasteiger charge is -2.06. The van der Waals surface area contributed by atoms with Gasteiger partial charge in [0.15, 0.2) is 0 Å². The molecule has 4 nitrogen and oxygen atoms in total. The van der Waals surface area contributed by atoms with E-state index < -0.39 is 5.97 Å². The number of benzene rings is 1. The molecule has 2 rings (SSSR count). The number of hydrogen-bond acceptors (Lipinski definition) is 3. The van der Waals surface area contributed by atoms with Gasteiger partial charge < -0.3 is 14.3 Å². The summed E-state index contributed by atoms with van der Waals surface area (Å²) in [6, 6.07) is 6.84. The third kappa shape index (κ3) is 2.01. The van der Waals surface area contributed by atoms with Crippen molar-refractivity contribution >= 4 is 5.97 Å². The van der Waals surface area contributed by atoms with E-state index in [1.54, 1.807) is 19.2 Å². The molecule has 0 atom stereocenters. The van der Waals surface area contributed by atoms with Crippen LogP contribution in [-0.2, 0) is 0 Å². The highest BCUT2D eigenvalue weighted by atomic mass is 16.5. The van der Waals surface area contributed by atoms with Gasteiger partial charge >= 0.3 is 5.97 Å². The molecule has 4 heteroatoms. The van der Waals surface area contributed by atoms with Crippen LogP contribution in [0.4, 0.5) is 0 Å². The largest absolute Gasteiger partial charge is 0.496 e. The van der Waals surface area contributed by atoms with Gasteiger partial charge in [0, 0.05) is 5.56 Å². The second-order valence-corrected chi connectivity index (χ2v) is 3.65. The monoisotopic (exact) mass is 232 g/mol. The number of carboxylic acids is 1. The molecule has 0 amide bonds. The van der Waals surface area contributed by atoms with Gasteiger partial charge in [-0.2, -0.15) is 0 Å². The zero-order valence-electron chi connectivity index (χ0n) is 9.56. The Morgan fingerprint density at radius 3 is 2.71 bits per heavy atom. The molecule has 2 aromatic rings. The fourth-order valence-electron chi connectivity index (χ4n) is 1.72. The number of aryl methyl sites for hydroxylation is 1. The molecule has 0 saturated carbocycles. The second-order valence-electron chi connectivity index (χ2n) is 3.65. The maximum atomic E-state index is 11.0. The van der Waals surface area contributed by atoms with Crippen LogP contribution in [0.3, 0.4) is 0 Å². The van der Waals surface area contributed by atoms with Crippen LogP contribution in [0.1, 0.15) is 15.9 Å². The number of rotatable bonds is 3. The molecule has 0 unspecified atom stereocenters. The normalized spacial score (nSPS) is 10.2. The predicted molar refractivity (Wildman–Crippen MR) is 62.4 cm³/mol. The van der Waals surface area contributed by atoms with Crippen LogP contribution in [-0.4, -0.2) is 18.2 Å². The van der Waals surface area contributed by atoms with Crippen molar-refractivity contribution in [3.8, 4) is 17.1 Å². The minimum atomic E-state index is -0.998. The summed E-state index contributed by atoms with van der Waals surface area (Å²) in [4.78, 5) is 11.0. The molecule has 0 bridgehead atoms. The molecule has 1 heterocycles. The van der Waals surface area contributed by atoms with E-state index in [4.69, 9.17) is 14.3 Å². The quantitative estimate of drug-likeness (QED) is 0.883. The summed E-state index contributed by atoms with van der Waals surface area (Å²) in [6.07, 6.45) is 1.37. The van der Waals surface area contributed by atoms with Crippen LogP contribution >= 0.6 is 0 Å². The second kappa shape index (κ2) is 4.33. The minimum Gasteiger partial charge on any atom is -0.496 e. The van der Waals surface area contributed by atoms with E-state index >= 15 is 0 Å². The van der Waals surface area contributed by atoms with Crippen LogP contribution in [0.15, 0.2) is 34.9 Å². The molecular formula is C13H12O4. The number of carboxylic acid groups (broad SMARTS) is 1. The Bertz CT molecular complexity index is 554. The first-order valence-corrected chi connectivity index (χ1v) is 5.09. The standard InChI is InChI=1S/C13H12O4/c1-8-7-9(3-4-11(8)16-2)12-10(13(14)15)5-6-17-12/h3-7H,1-2H3,(H,14,15). The fourth-order valence-corrected chi connectivity index (χ4v) is 1.72. The third-order valence-electron chi connectivity index (χ3n) is 2.55. The maximum absolute atomic E-state index is 11.0. The van der Waals surface area contributed by atoms with Gasteiger partial charge in [0.2, 0.25) is 0 Å². The topological polar surface area (TPSA) is 59.7 Å². The van der Waals surface area contributed by atoms with Gasteiger partial charge in [0.1, 0.15) is 17.1 Å². The molecular weight excluding hydrogens is 220 g/mol. The van der Waals surface area contributed by atoms with Gasteiger partial charge in [-0.25, -0.2) is 4.79 Å². The van der Waals surface area contributed by atoms with Crippen LogP contribution in [0.2, 0.25) is 0 Å². The van der Waals surface area contributed by atoms with E-state index in [-0.39, 0.29) is 5.56 Å². The Balaban J connectivity index is 2.50. The first-order valence-electron chi connectivity index (χ1n) is 5.09. The minimum absolute atomic E-state index is 0.162. The SMILES string of the molecule is COc1ccc(-c2occc2C(=O)O)cc1C. The summed E-state index contributed by atoms with van der Waals surface area (Å²) < 4.78 is 10.4. The van der Waals surface area contributed by atoms with Crippen molar-refractivity contribution in [3.05, 3.63) is 41.7 Å². The Hall–Kier alpha value is -2.23. The molecule has 88 valence electrons. The van der Waals surface area contributed by atoms with Gasteiger partial charge in [0.25, 0.3) is 0 Å². The van der Waals surface area contributed by atoms with E-state index in [9.17, 15) is 4.79 Å². The van der Waals surface area contributed by atoms with Crippen molar-refractivity contribution in [1.82, 2.24) is 0 Å². The van der Waals surface area contributed by atoms with Crippen LogP contribution < -0.4 is 4.74 Å². The van der Waals surface area contributed by atoms with Crippen molar-refractivity contribution in [2.75, 3.05) is 7.11 Å². The van der Waals surface area contributed by atoms with Gasteiger partial charge in [-0.3, -0.25) is 0 Å². The van der Waals surface area contributed by atoms with Crippen molar-refractivity contribution in [3.63, 3.8) is 0 Å². The van der Waals surface area contributed by atoms with Gasteiger partial charge in [-0.05, 0) is 36.8 Å². The lowest BCUT2D eigenvalue weighted by molar-refractivity contribution is 0.0697. The number of aromatic carboxylic acids is 1. The molecule has 0 radical (unpaired) electrons. The molecule has 17 heavy (non-hydrogen) atoms. The van der Waals surface area contributed by atoms with Gasteiger partial charge in [0.05, 0.1) is 13.4 Å². The van der Waals surface area contributed by atoms with Gasteiger partial charge in [-0.1, -0.05) is 0 Å². The molecule has 0 aliphatic carbocycles. The molecule has 0 aliphatic rings. The maximum Gasteiger partial charge on any atom is 0.339 e. The van der Waals surface area contributed by atoms with E-state index in [1.807, 2.05) is 13.0 Å². The van der Waals surface area contributed by atoms with Crippen LogP contribution in [0.5, 0.6) is 5.75 Å². The molecule has 0 saturated heterocycles. The van der Waals surface area contributed by atoms with Crippen molar-refractivity contribution < 1.29 is 19.1 Å². The molecule has 0 fully saturated rings. The lowest BCUT2D eigenvalue weighted by atomic mass is 10.1. The van der Waals surface area contributed by atoms with Gasteiger partial charge in [-0.15, -0.1) is 0 Å². The first-order chi connectivity index (χ1) is 8.13. The van der Waals surface area contributed by atoms with E-state index in [0.717, 1.165) is 16.9 Å². The predicted octanol–water partition coefficient (Wildman–Crippen LogP) is 2.96. The number of methoxy groups -OCH3 is 1. The number of furan rings is 1. The average Bonchev–Trinajstić information content (AvgIpc) is 2.77. The number of ether oxygens (including phenoxy) is 1. The fraction of sp³-hybridized carbons (Fsp3) is 0.154. The molecule has 1 aromatic carbocycles. The average molecular weight is 232 g/mol. The third-order valence-corrected chi connectivity index (χ3v) is 2.55. The Morgan fingerprint density at radius 2 is 2.12 bits per heavy atom. The van der Waals surface area contributed by atoms with Crippen molar-refractivity contribution in [2.24, 2.45) is 0 Å². The Kier molecular flexibility index (Phi) is 2.87. The summed E-state index contributed by atoms with van der Waals surface area (Å²) in [5.74, 6) is 0.127. The lowest BCUT2D eigenvalue weighted by Crippen LogP contribution is -1.96. The summed E-state index contributed by atoms with van der Waals surface area (Å²) in [6.45, 7) is 1.89. The summed E-state index contributed by atoms with van der Waals surface area (Å²) in [7, 11) is 1.59. The molecule has 1 aromatic heterocycles. The van der Waals surface area contributed by atoms with Crippen LogP contribution in [0.25, 0.3) is 11.3 Å². The Morgan fingerprint density at radius 1 is 1.35 bits per heavy atom. The number of carbonyl (C=O) groups is 1. The summed E-state index contributed by atoms with van der Waals surface area (Å²) >= 11 is 0. The van der Waals surface area contributed by atoms with Crippen LogP contribution in [0, 0.1) is 6.92 Å². The molecule has 0 aliphatic heterocycles. The van der Waals surface area contributed by atoms with E-state index in [1.165, 1.54) is 12.3 Å². The summed E-state index contributed by atoms with van der Waals surface area (Å²) in [5.41, 5.74) is 1.82. The zero-order chi connectivity index (χ0) is 12.4. The van der Waals surface area contributed by atoms with Crippen molar-refractivity contribution in [2.45, 2.75) is 6.92 Å². The number of hydrogen-bond donors (Lipinski definition) is 1. The van der Waals surface area contributed by atoms with E-state index in [2.05, 4.69) is 0 Å². The zero-order valence-corrected chi connectivity index (χ0v) is 9.56. The summed E-state index contributed by atoms with van der Waals surface area (Å²) in [5, 5.41) is 9.00. The highest BCUT2D eigenvalue weighted by Gasteiger charge is 2.15. The highest BCUT2D eigenvalue weighted by Crippen LogP contribution is 2.29.